The standard InChI is InChI=1S/C19H21N5O2/c1-2-9-21-18(25)16-15-8-3-4-10-24(15)17(23-16)19(26)22-14-7-5-6-13(11-14)12-20/h5-7,11H,2-4,8-10H2,1H3,(H,21,25)(H,22,26). The van der Waals surface area contributed by atoms with Crippen LogP contribution in [-0.2, 0) is 13.0 Å². The summed E-state index contributed by atoms with van der Waals surface area (Å²) >= 11 is 0. The zero-order valence-electron chi connectivity index (χ0n) is 14.7. The van der Waals surface area contributed by atoms with E-state index in [9.17, 15) is 9.59 Å². The van der Waals surface area contributed by atoms with E-state index < -0.39 is 0 Å². The fourth-order valence-corrected chi connectivity index (χ4v) is 3.07. The lowest BCUT2D eigenvalue weighted by molar-refractivity contribution is 0.0947. The SMILES string of the molecule is CCCNC(=O)c1nc(C(=O)Nc2cccc(C#N)c2)n2c1CCCC2. The molecule has 0 bridgehead atoms. The first-order valence-electron chi connectivity index (χ1n) is 8.83. The van der Waals surface area contributed by atoms with Gasteiger partial charge in [0.05, 0.1) is 17.3 Å². The van der Waals surface area contributed by atoms with Crippen LogP contribution in [0.25, 0.3) is 0 Å². The number of aromatic nitrogens is 2. The molecule has 0 unspecified atom stereocenters. The van der Waals surface area contributed by atoms with Crippen molar-refractivity contribution in [1.29, 1.82) is 5.26 Å². The zero-order chi connectivity index (χ0) is 18.5. The molecule has 2 aromatic rings. The first kappa shape index (κ1) is 17.7. The monoisotopic (exact) mass is 351 g/mol. The highest BCUT2D eigenvalue weighted by Crippen LogP contribution is 2.22. The molecule has 134 valence electrons. The van der Waals surface area contributed by atoms with Crippen molar-refractivity contribution in [3.8, 4) is 6.07 Å². The smallest absolute Gasteiger partial charge is 0.291 e. The molecule has 2 heterocycles. The quantitative estimate of drug-likeness (QED) is 0.864. The zero-order valence-corrected chi connectivity index (χ0v) is 14.7. The Hall–Kier alpha value is -3.14. The molecule has 0 spiro atoms. The first-order chi connectivity index (χ1) is 12.6. The van der Waals surface area contributed by atoms with E-state index in [-0.39, 0.29) is 17.6 Å². The number of imidazole rings is 1. The number of fused-ring (bicyclic) bond motifs is 1. The second kappa shape index (κ2) is 7.83. The summed E-state index contributed by atoms with van der Waals surface area (Å²) in [4.78, 5) is 29.5. The Morgan fingerprint density at radius 1 is 1.31 bits per heavy atom. The van der Waals surface area contributed by atoms with E-state index in [1.54, 1.807) is 24.3 Å². The van der Waals surface area contributed by atoms with Crippen LogP contribution in [-0.4, -0.2) is 27.9 Å². The average Bonchev–Trinajstić information content (AvgIpc) is 3.06. The number of hydrogen-bond acceptors (Lipinski definition) is 4. The summed E-state index contributed by atoms with van der Waals surface area (Å²) in [6, 6.07) is 8.74. The molecule has 1 aromatic carbocycles. The van der Waals surface area contributed by atoms with E-state index in [4.69, 9.17) is 5.26 Å². The van der Waals surface area contributed by atoms with Crippen molar-refractivity contribution < 1.29 is 9.59 Å². The van der Waals surface area contributed by atoms with Gasteiger partial charge in [-0.1, -0.05) is 13.0 Å². The third-order valence-electron chi connectivity index (χ3n) is 4.32. The lowest BCUT2D eigenvalue weighted by Crippen LogP contribution is -2.26. The van der Waals surface area contributed by atoms with Gasteiger partial charge >= 0.3 is 0 Å². The molecule has 7 nitrogen and oxygen atoms in total. The second-order valence-corrected chi connectivity index (χ2v) is 6.24. The number of carbonyl (C=O) groups excluding carboxylic acids is 2. The van der Waals surface area contributed by atoms with Gasteiger partial charge < -0.3 is 15.2 Å². The Kier molecular flexibility index (Phi) is 5.32. The number of nitriles is 1. The maximum absolute atomic E-state index is 12.7. The summed E-state index contributed by atoms with van der Waals surface area (Å²) in [5, 5.41) is 14.6. The largest absolute Gasteiger partial charge is 0.351 e. The fraction of sp³-hybridized carbons (Fsp3) is 0.368. The maximum Gasteiger partial charge on any atom is 0.291 e. The van der Waals surface area contributed by atoms with Gasteiger partial charge in [-0.3, -0.25) is 9.59 Å². The van der Waals surface area contributed by atoms with E-state index in [1.165, 1.54) is 0 Å². The average molecular weight is 351 g/mol. The van der Waals surface area contributed by atoms with Crippen LogP contribution in [0.1, 0.15) is 58.6 Å². The summed E-state index contributed by atoms with van der Waals surface area (Å²) < 4.78 is 1.84. The molecular formula is C19H21N5O2. The van der Waals surface area contributed by atoms with Crippen LogP contribution in [0.5, 0.6) is 0 Å². The second-order valence-electron chi connectivity index (χ2n) is 6.24. The highest BCUT2D eigenvalue weighted by molar-refractivity contribution is 6.03. The minimum absolute atomic E-state index is 0.233. The molecule has 0 fully saturated rings. The molecule has 0 aliphatic carbocycles. The lowest BCUT2D eigenvalue weighted by atomic mass is 10.1. The van der Waals surface area contributed by atoms with E-state index in [0.29, 0.717) is 30.0 Å². The van der Waals surface area contributed by atoms with Gasteiger partial charge in [-0.05, 0) is 43.9 Å². The molecule has 2 amide bonds. The van der Waals surface area contributed by atoms with Gasteiger partial charge in [0.2, 0.25) is 0 Å². The number of benzene rings is 1. The molecule has 0 radical (unpaired) electrons. The van der Waals surface area contributed by atoms with Gasteiger partial charge in [-0.15, -0.1) is 0 Å². The van der Waals surface area contributed by atoms with Crippen molar-refractivity contribution in [2.45, 2.75) is 39.2 Å². The van der Waals surface area contributed by atoms with Gasteiger partial charge in [-0.2, -0.15) is 5.26 Å². The van der Waals surface area contributed by atoms with Crippen LogP contribution in [0.15, 0.2) is 24.3 Å². The Bertz CT molecular complexity index is 879. The Morgan fingerprint density at radius 3 is 2.92 bits per heavy atom. The van der Waals surface area contributed by atoms with Crippen LogP contribution in [0, 0.1) is 11.3 Å². The lowest BCUT2D eigenvalue weighted by Gasteiger charge is -2.17. The molecule has 7 heteroatoms. The molecule has 1 aliphatic heterocycles. The minimum atomic E-state index is -0.377. The molecular weight excluding hydrogens is 330 g/mol. The van der Waals surface area contributed by atoms with Gasteiger partial charge in [0.1, 0.15) is 5.69 Å². The number of rotatable bonds is 5. The van der Waals surface area contributed by atoms with Crippen molar-refractivity contribution in [3.05, 3.63) is 47.0 Å². The molecule has 0 atom stereocenters. The summed E-state index contributed by atoms with van der Waals surface area (Å²) in [6.45, 7) is 3.23. The molecule has 1 aromatic heterocycles. The normalized spacial score (nSPS) is 12.8. The number of amides is 2. The fourth-order valence-electron chi connectivity index (χ4n) is 3.07. The van der Waals surface area contributed by atoms with Crippen molar-refractivity contribution >= 4 is 17.5 Å². The van der Waals surface area contributed by atoms with Crippen molar-refractivity contribution in [2.24, 2.45) is 0 Å². The third-order valence-corrected chi connectivity index (χ3v) is 4.32. The third kappa shape index (κ3) is 3.59. The summed E-state index contributed by atoms with van der Waals surface area (Å²) in [5.74, 6) is -0.371. The van der Waals surface area contributed by atoms with Gasteiger partial charge in [0.25, 0.3) is 11.8 Å². The molecule has 1 aliphatic rings. The first-order valence-corrected chi connectivity index (χ1v) is 8.83. The highest BCUT2D eigenvalue weighted by atomic mass is 16.2. The van der Waals surface area contributed by atoms with Crippen molar-refractivity contribution in [3.63, 3.8) is 0 Å². The molecule has 26 heavy (non-hydrogen) atoms. The van der Waals surface area contributed by atoms with E-state index >= 15 is 0 Å². The predicted molar refractivity (Wildman–Crippen MR) is 96.9 cm³/mol. The number of hydrogen-bond donors (Lipinski definition) is 2. The maximum atomic E-state index is 12.7. The van der Waals surface area contributed by atoms with Crippen LogP contribution < -0.4 is 10.6 Å². The molecule has 0 saturated carbocycles. The van der Waals surface area contributed by atoms with E-state index in [1.807, 2.05) is 17.6 Å². The predicted octanol–water partition coefficient (Wildman–Crippen LogP) is 2.48. The Morgan fingerprint density at radius 2 is 2.15 bits per heavy atom. The molecule has 0 saturated heterocycles. The highest BCUT2D eigenvalue weighted by Gasteiger charge is 2.27. The van der Waals surface area contributed by atoms with Gasteiger partial charge in [0.15, 0.2) is 5.82 Å². The Balaban J connectivity index is 1.89. The van der Waals surface area contributed by atoms with E-state index in [2.05, 4.69) is 15.6 Å². The summed E-state index contributed by atoms with van der Waals surface area (Å²) in [5.41, 5.74) is 2.15. The van der Waals surface area contributed by atoms with Gasteiger partial charge in [-0.25, -0.2) is 4.98 Å². The van der Waals surface area contributed by atoms with Crippen LogP contribution >= 0.6 is 0 Å². The van der Waals surface area contributed by atoms with E-state index in [0.717, 1.165) is 31.4 Å². The molecule has 2 N–H and O–H groups in total. The minimum Gasteiger partial charge on any atom is -0.351 e. The Labute approximate surface area is 152 Å². The van der Waals surface area contributed by atoms with Crippen LogP contribution in [0.3, 0.4) is 0 Å². The van der Waals surface area contributed by atoms with Crippen LogP contribution in [0.4, 0.5) is 5.69 Å². The topological polar surface area (TPSA) is 99.8 Å². The number of anilines is 1. The number of nitrogens with zero attached hydrogens (tertiary/aromatic N) is 3. The van der Waals surface area contributed by atoms with Crippen molar-refractivity contribution in [1.82, 2.24) is 14.9 Å². The molecule has 3 rings (SSSR count). The van der Waals surface area contributed by atoms with Crippen molar-refractivity contribution in [2.75, 3.05) is 11.9 Å². The van der Waals surface area contributed by atoms with Crippen LogP contribution in [0.2, 0.25) is 0 Å². The summed E-state index contributed by atoms with van der Waals surface area (Å²) in [7, 11) is 0. The number of carbonyl (C=O) groups is 2. The summed E-state index contributed by atoms with van der Waals surface area (Å²) in [6.07, 6.45) is 3.50. The number of nitrogens with one attached hydrogen (secondary N) is 2. The van der Waals surface area contributed by atoms with Gasteiger partial charge in [0, 0.05) is 18.8 Å².